The first-order valence-electron chi connectivity index (χ1n) is 5.17. The lowest BCUT2D eigenvalue weighted by Crippen LogP contribution is -2.14. The first-order chi connectivity index (χ1) is 6.42. The molecule has 1 fully saturated rings. The fourth-order valence-corrected chi connectivity index (χ4v) is 2.02. The summed E-state index contributed by atoms with van der Waals surface area (Å²) in [4.78, 5) is 0. The number of rotatable bonds is 3. The van der Waals surface area contributed by atoms with Gasteiger partial charge in [0.1, 0.15) is 0 Å². The molecule has 1 aromatic heterocycles. The molecule has 0 bridgehead atoms. The monoisotopic (exact) mass is 179 g/mol. The number of aromatic amines is 1. The highest BCUT2D eigenvalue weighted by molar-refractivity contribution is 5.20. The number of hydrogen-bond donors (Lipinski definition) is 2. The summed E-state index contributed by atoms with van der Waals surface area (Å²) in [6.45, 7) is 3.36. The maximum atomic E-state index is 4.12. The molecule has 1 aliphatic rings. The number of H-pyrrole nitrogens is 1. The van der Waals surface area contributed by atoms with Crippen molar-refractivity contribution in [1.29, 1.82) is 0 Å². The number of aromatic nitrogens is 2. The molecular weight excluding hydrogens is 162 g/mol. The van der Waals surface area contributed by atoms with Crippen LogP contribution < -0.4 is 5.32 Å². The van der Waals surface area contributed by atoms with E-state index in [2.05, 4.69) is 22.4 Å². The molecule has 72 valence electrons. The van der Waals surface area contributed by atoms with Crippen molar-refractivity contribution in [1.82, 2.24) is 15.5 Å². The van der Waals surface area contributed by atoms with Crippen molar-refractivity contribution in [2.24, 2.45) is 0 Å². The number of aryl methyl sites for hydroxylation is 1. The summed E-state index contributed by atoms with van der Waals surface area (Å²) < 4.78 is 0. The van der Waals surface area contributed by atoms with Crippen molar-refractivity contribution in [3.05, 3.63) is 17.5 Å². The van der Waals surface area contributed by atoms with E-state index in [0.717, 1.165) is 13.0 Å². The van der Waals surface area contributed by atoms with E-state index in [1.807, 2.05) is 6.20 Å². The minimum Gasteiger partial charge on any atom is -0.309 e. The standard InChI is InChI=1S/C10H17N3/c1-2-4-8-7-12-13-10(8)9-5-3-6-11-9/h7,9,11H,2-6H2,1H3,(H,12,13). The van der Waals surface area contributed by atoms with Gasteiger partial charge in [-0.2, -0.15) is 5.10 Å². The second kappa shape index (κ2) is 3.92. The fourth-order valence-electron chi connectivity index (χ4n) is 2.02. The molecular formula is C10H17N3. The Kier molecular flexibility index (Phi) is 2.64. The van der Waals surface area contributed by atoms with Crippen LogP contribution in [0.15, 0.2) is 6.20 Å². The minimum absolute atomic E-state index is 0.532. The van der Waals surface area contributed by atoms with Gasteiger partial charge in [0.25, 0.3) is 0 Å². The molecule has 1 aromatic rings. The Labute approximate surface area is 78.9 Å². The lowest BCUT2D eigenvalue weighted by atomic mass is 10.1. The summed E-state index contributed by atoms with van der Waals surface area (Å²) in [6.07, 6.45) is 6.84. The third-order valence-corrected chi connectivity index (χ3v) is 2.68. The van der Waals surface area contributed by atoms with Crippen LogP contribution in [-0.4, -0.2) is 16.7 Å². The molecule has 2 rings (SSSR count). The van der Waals surface area contributed by atoms with E-state index in [4.69, 9.17) is 0 Å². The molecule has 1 aliphatic heterocycles. The Morgan fingerprint density at radius 3 is 3.23 bits per heavy atom. The third-order valence-electron chi connectivity index (χ3n) is 2.68. The summed E-state index contributed by atoms with van der Waals surface area (Å²) in [5.41, 5.74) is 2.71. The smallest absolute Gasteiger partial charge is 0.0553 e. The summed E-state index contributed by atoms with van der Waals surface area (Å²) in [7, 11) is 0. The van der Waals surface area contributed by atoms with Gasteiger partial charge in [0.15, 0.2) is 0 Å². The van der Waals surface area contributed by atoms with Gasteiger partial charge in [-0.15, -0.1) is 0 Å². The average Bonchev–Trinajstić information content (AvgIpc) is 2.71. The van der Waals surface area contributed by atoms with Gasteiger partial charge in [-0.25, -0.2) is 0 Å². The van der Waals surface area contributed by atoms with Crippen LogP contribution in [-0.2, 0) is 6.42 Å². The van der Waals surface area contributed by atoms with Gasteiger partial charge in [0, 0.05) is 6.04 Å². The highest BCUT2D eigenvalue weighted by atomic mass is 15.1. The molecule has 0 aliphatic carbocycles. The van der Waals surface area contributed by atoms with Crippen LogP contribution in [0.3, 0.4) is 0 Å². The van der Waals surface area contributed by atoms with E-state index in [0.29, 0.717) is 6.04 Å². The molecule has 13 heavy (non-hydrogen) atoms. The van der Waals surface area contributed by atoms with Gasteiger partial charge in [0.2, 0.25) is 0 Å². The summed E-state index contributed by atoms with van der Waals surface area (Å²) >= 11 is 0. The molecule has 2 heterocycles. The Hall–Kier alpha value is -0.830. The van der Waals surface area contributed by atoms with Crippen LogP contribution in [0.1, 0.15) is 43.5 Å². The zero-order valence-electron chi connectivity index (χ0n) is 8.14. The predicted octanol–water partition coefficient (Wildman–Crippen LogP) is 1.79. The molecule has 0 spiro atoms. The molecule has 1 unspecified atom stereocenters. The number of hydrogen-bond acceptors (Lipinski definition) is 2. The molecule has 0 radical (unpaired) electrons. The molecule has 3 heteroatoms. The summed E-state index contributed by atoms with van der Waals surface area (Å²) in [5.74, 6) is 0. The highest BCUT2D eigenvalue weighted by Gasteiger charge is 2.20. The molecule has 1 atom stereocenters. The van der Waals surface area contributed by atoms with E-state index in [-0.39, 0.29) is 0 Å². The Balaban J connectivity index is 2.13. The van der Waals surface area contributed by atoms with Gasteiger partial charge in [-0.1, -0.05) is 13.3 Å². The van der Waals surface area contributed by atoms with Crippen molar-refractivity contribution in [2.75, 3.05) is 6.54 Å². The van der Waals surface area contributed by atoms with E-state index in [9.17, 15) is 0 Å². The molecule has 2 N–H and O–H groups in total. The van der Waals surface area contributed by atoms with Crippen LogP contribution in [0.2, 0.25) is 0 Å². The molecule has 0 aromatic carbocycles. The van der Waals surface area contributed by atoms with Crippen LogP contribution in [0.25, 0.3) is 0 Å². The largest absolute Gasteiger partial charge is 0.309 e. The SMILES string of the molecule is CCCc1cn[nH]c1C1CCCN1. The second-order valence-corrected chi connectivity index (χ2v) is 3.71. The predicted molar refractivity (Wildman–Crippen MR) is 52.6 cm³/mol. The van der Waals surface area contributed by atoms with Crippen LogP contribution >= 0.6 is 0 Å². The zero-order valence-corrected chi connectivity index (χ0v) is 8.14. The molecule has 1 saturated heterocycles. The van der Waals surface area contributed by atoms with Gasteiger partial charge in [-0.05, 0) is 31.4 Å². The van der Waals surface area contributed by atoms with Gasteiger partial charge < -0.3 is 5.32 Å². The van der Waals surface area contributed by atoms with Gasteiger partial charge >= 0.3 is 0 Å². The quantitative estimate of drug-likeness (QED) is 0.742. The zero-order chi connectivity index (χ0) is 9.10. The van der Waals surface area contributed by atoms with E-state index in [1.165, 1.54) is 30.5 Å². The average molecular weight is 179 g/mol. The van der Waals surface area contributed by atoms with E-state index in [1.54, 1.807) is 0 Å². The van der Waals surface area contributed by atoms with Crippen LogP contribution in [0, 0.1) is 0 Å². The lowest BCUT2D eigenvalue weighted by Gasteiger charge is -2.09. The molecule has 3 nitrogen and oxygen atoms in total. The number of nitrogens with one attached hydrogen (secondary N) is 2. The summed E-state index contributed by atoms with van der Waals surface area (Å²) in [5, 5.41) is 10.7. The Morgan fingerprint density at radius 2 is 2.54 bits per heavy atom. The molecule has 0 amide bonds. The van der Waals surface area contributed by atoms with Crippen molar-refractivity contribution in [2.45, 2.75) is 38.6 Å². The first kappa shape index (κ1) is 8.75. The second-order valence-electron chi connectivity index (χ2n) is 3.71. The molecule has 0 saturated carbocycles. The third kappa shape index (κ3) is 1.75. The van der Waals surface area contributed by atoms with Crippen LogP contribution in [0.5, 0.6) is 0 Å². The first-order valence-corrected chi connectivity index (χ1v) is 5.17. The van der Waals surface area contributed by atoms with Crippen molar-refractivity contribution >= 4 is 0 Å². The highest BCUT2D eigenvalue weighted by Crippen LogP contribution is 2.24. The van der Waals surface area contributed by atoms with Gasteiger partial charge in [-0.3, -0.25) is 5.10 Å². The van der Waals surface area contributed by atoms with Crippen LogP contribution in [0.4, 0.5) is 0 Å². The van der Waals surface area contributed by atoms with Gasteiger partial charge in [0.05, 0.1) is 11.9 Å². The Morgan fingerprint density at radius 1 is 1.62 bits per heavy atom. The van der Waals surface area contributed by atoms with Crippen molar-refractivity contribution in [3.63, 3.8) is 0 Å². The fraction of sp³-hybridized carbons (Fsp3) is 0.700. The number of nitrogens with zero attached hydrogens (tertiary/aromatic N) is 1. The van der Waals surface area contributed by atoms with E-state index >= 15 is 0 Å². The normalized spacial score (nSPS) is 22.4. The minimum atomic E-state index is 0.532. The van der Waals surface area contributed by atoms with Crippen molar-refractivity contribution < 1.29 is 0 Å². The Bertz CT molecular complexity index is 261. The lowest BCUT2D eigenvalue weighted by molar-refractivity contribution is 0.617. The summed E-state index contributed by atoms with van der Waals surface area (Å²) in [6, 6.07) is 0.532. The maximum absolute atomic E-state index is 4.12. The van der Waals surface area contributed by atoms with E-state index < -0.39 is 0 Å². The topological polar surface area (TPSA) is 40.7 Å². The van der Waals surface area contributed by atoms with Crippen molar-refractivity contribution in [3.8, 4) is 0 Å². The maximum Gasteiger partial charge on any atom is 0.0553 e.